The van der Waals surface area contributed by atoms with Gasteiger partial charge in [0.25, 0.3) is 5.91 Å². The number of phenols is 1. The lowest BCUT2D eigenvalue weighted by Gasteiger charge is -2.37. The van der Waals surface area contributed by atoms with Crippen LogP contribution in [0.4, 0.5) is 0 Å². The zero-order valence-electron chi connectivity index (χ0n) is 11.6. The molecule has 1 fully saturated rings. The summed E-state index contributed by atoms with van der Waals surface area (Å²) < 4.78 is 5.01. The van der Waals surface area contributed by atoms with Crippen molar-refractivity contribution in [2.45, 2.75) is 13.0 Å². The summed E-state index contributed by atoms with van der Waals surface area (Å²) in [6, 6.07) is 5.09. The van der Waals surface area contributed by atoms with Crippen molar-refractivity contribution in [1.29, 1.82) is 0 Å². The Morgan fingerprint density at radius 2 is 2.16 bits per heavy atom. The zero-order valence-corrected chi connectivity index (χ0v) is 11.6. The van der Waals surface area contributed by atoms with Gasteiger partial charge in [-0.2, -0.15) is 0 Å². The van der Waals surface area contributed by atoms with Crippen LogP contribution in [0.1, 0.15) is 17.3 Å². The third kappa shape index (κ3) is 2.81. The molecule has 1 aliphatic heterocycles. The van der Waals surface area contributed by atoms with Crippen molar-refractivity contribution in [3.05, 3.63) is 23.8 Å². The molecule has 1 heterocycles. The fourth-order valence-electron chi connectivity index (χ4n) is 2.22. The summed E-state index contributed by atoms with van der Waals surface area (Å²) in [5.74, 6) is 0.386. The van der Waals surface area contributed by atoms with Gasteiger partial charge in [0.05, 0.1) is 12.7 Å². The van der Waals surface area contributed by atoms with E-state index in [0.29, 0.717) is 30.4 Å². The van der Waals surface area contributed by atoms with Gasteiger partial charge in [-0.15, -0.1) is 0 Å². The molecule has 1 saturated heterocycles. The summed E-state index contributed by atoms with van der Waals surface area (Å²) in [4.78, 5) is 16.4. The predicted molar refractivity (Wildman–Crippen MR) is 72.7 cm³/mol. The summed E-state index contributed by atoms with van der Waals surface area (Å²) in [5, 5.41) is 9.90. The number of piperazine rings is 1. The van der Waals surface area contributed by atoms with Crippen molar-refractivity contribution in [2.24, 2.45) is 0 Å². The second kappa shape index (κ2) is 5.48. The maximum Gasteiger partial charge on any atom is 0.257 e. The van der Waals surface area contributed by atoms with Crippen LogP contribution in [0.25, 0.3) is 0 Å². The van der Waals surface area contributed by atoms with Crippen molar-refractivity contribution in [3.63, 3.8) is 0 Å². The maximum atomic E-state index is 12.4. The predicted octanol–water partition coefficient (Wildman–Crippen LogP) is 1.18. The van der Waals surface area contributed by atoms with Crippen molar-refractivity contribution in [1.82, 2.24) is 9.80 Å². The minimum absolute atomic E-state index is 0.0315. The standard InChI is InChI=1S/C14H20N2O3/c1-10-9-16(7-6-15(10)2)14(18)12-5-4-11(19-3)8-13(12)17/h4-5,8,10,17H,6-7,9H2,1-3H3. The molecule has 2 rings (SSSR count). The maximum absolute atomic E-state index is 12.4. The number of methoxy groups -OCH3 is 1. The minimum Gasteiger partial charge on any atom is -0.507 e. The molecule has 1 N–H and O–H groups in total. The number of carbonyl (C=O) groups excluding carboxylic acids is 1. The number of ether oxygens (including phenoxy) is 1. The lowest BCUT2D eigenvalue weighted by molar-refractivity contribution is 0.0569. The molecular weight excluding hydrogens is 244 g/mol. The summed E-state index contributed by atoms with van der Waals surface area (Å²) in [6.07, 6.45) is 0. The Morgan fingerprint density at radius 3 is 2.74 bits per heavy atom. The topological polar surface area (TPSA) is 53.0 Å². The van der Waals surface area contributed by atoms with E-state index in [4.69, 9.17) is 4.74 Å². The lowest BCUT2D eigenvalue weighted by Crippen LogP contribution is -2.52. The summed E-state index contributed by atoms with van der Waals surface area (Å²) in [6.45, 7) is 4.31. The molecular formula is C14H20N2O3. The number of aromatic hydroxyl groups is 1. The van der Waals surface area contributed by atoms with E-state index < -0.39 is 0 Å². The number of hydrogen-bond acceptors (Lipinski definition) is 4. The van der Waals surface area contributed by atoms with Gasteiger partial charge in [0.2, 0.25) is 0 Å². The van der Waals surface area contributed by atoms with Crippen molar-refractivity contribution in [3.8, 4) is 11.5 Å². The Hall–Kier alpha value is -1.75. The highest BCUT2D eigenvalue weighted by atomic mass is 16.5. The van der Waals surface area contributed by atoms with Crippen LogP contribution in [-0.2, 0) is 0 Å². The number of phenolic OH excluding ortho intramolecular Hbond substituents is 1. The number of rotatable bonds is 2. The Balaban J connectivity index is 2.16. The van der Waals surface area contributed by atoms with E-state index in [-0.39, 0.29) is 11.7 Å². The molecule has 0 aromatic heterocycles. The molecule has 1 unspecified atom stereocenters. The highest BCUT2D eigenvalue weighted by Crippen LogP contribution is 2.25. The molecule has 19 heavy (non-hydrogen) atoms. The Morgan fingerprint density at radius 1 is 1.42 bits per heavy atom. The Labute approximate surface area is 113 Å². The number of hydrogen-bond donors (Lipinski definition) is 1. The van der Waals surface area contributed by atoms with E-state index in [1.54, 1.807) is 17.0 Å². The third-order valence-corrected chi connectivity index (χ3v) is 3.68. The number of benzene rings is 1. The number of nitrogens with zero attached hydrogens (tertiary/aromatic N) is 2. The molecule has 1 aromatic rings. The summed E-state index contributed by atoms with van der Waals surface area (Å²) in [7, 11) is 3.58. The average Bonchev–Trinajstić information content (AvgIpc) is 2.41. The van der Waals surface area contributed by atoms with Crippen LogP contribution >= 0.6 is 0 Å². The molecule has 1 aromatic carbocycles. The van der Waals surface area contributed by atoms with Crippen LogP contribution in [0.15, 0.2) is 18.2 Å². The van der Waals surface area contributed by atoms with E-state index in [1.165, 1.54) is 13.2 Å². The first-order valence-electron chi connectivity index (χ1n) is 6.39. The van der Waals surface area contributed by atoms with Crippen LogP contribution in [0, 0.1) is 0 Å². The largest absolute Gasteiger partial charge is 0.507 e. The van der Waals surface area contributed by atoms with Gasteiger partial charge < -0.3 is 19.6 Å². The summed E-state index contributed by atoms with van der Waals surface area (Å²) in [5.41, 5.74) is 0.331. The van der Waals surface area contributed by atoms with Gasteiger partial charge in [-0.25, -0.2) is 0 Å². The van der Waals surface area contributed by atoms with E-state index in [0.717, 1.165) is 6.54 Å². The van der Waals surface area contributed by atoms with E-state index in [9.17, 15) is 9.90 Å². The molecule has 0 bridgehead atoms. The second-order valence-electron chi connectivity index (χ2n) is 4.96. The van der Waals surface area contributed by atoms with Gasteiger partial charge in [0.1, 0.15) is 11.5 Å². The van der Waals surface area contributed by atoms with Crippen molar-refractivity contribution < 1.29 is 14.6 Å². The van der Waals surface area contributed by atoms with Crippen molar-refractivity contribution in [2.75, 3.05) is 33.8 Å². The highest BCUT2D eigenvalue weighted by Gasteiger charge is 2.26. The molecule has 0 aliphatic carbocycles. The SMILES string of the molecule is COc1ccc(C(=O)N2CCN(C)C(C)C2)c(O)c1. The van der Waals surface area contributed by atoms with Crippen LogP contribution < -0.4 is 4.74 Å². The van der Waals surface area contributed by atoms with Gasteiger partial charge >= 0.3 is 0 Å². The molecule has 0 radical (unpaired) electrons. The quantitative estimate of drug-likeness (QED) is 0.871. The smallest absolute Gasteiger partial charge is 0.257 e. The molecule has 0 saturated carbocycles. The molecule has 1 atom stereocenters. The normalized spacial score (nSPS) is 20.4. The summed E-state index contributed by atoms with van der Waals surface area (Å²) >= 11 is 0. The van der Waals surface area contributed by atoms with Crippen LogP contribution in [-0.4, -0.2) is 60.6 Å². The van der Waals surface area contributed by atoms with Gasteiger partial charge in [-0.3, -0.25) is 4.79 Å². The van der Waals surface area contributed by atoms with Gasteiger partial charge in [0.15, 0.2) is 0 Å². The first-order chi connectivity index (χ1) is 9.02. The second-order valence-corrected chi connectivity index (χ2v) is 4.96. The minimum atomic E-state index is -0.125. The van der Waals surface area contributed by atoms with Gasteiger partial charge in [-0.1, -0.05) is 0 Å². The number of carbonyl (C=O) groups is 1. The van der Waals surface area contributed by atoms with E-state index in [1.807, 2.05) is 0 Å². The number of likely N-dealkylation sites (N-methyl/N-ethyl adjacent to an activating group) is 1. The van der Waals surface area contributed by atoms with E-state index in [2.05, 4.69) is 18.9 Å². The molecule has 1 amide bonds. The van der Waals surface area contributed by atoms with Crippen LogP contribution in [0.2, 0.25) is 0 Å². The fraction of sp³-hybridized carbons (Fsp3) is 0.500. The van der Waals surface area contributed by atoms with Gasteiger partial charge in [-0.05, 0) is 26.1 Å². The van der Waals surface area contributed by atoms with Gasteiger partial charge in [0, 0.05) is 31.7 Å². The third-order valence-electron chi connectivity index (χ3n) is 3.68. The molecule has 1 aliphatic rings. The highest BCUT2D eigenvalue weighted by molar-refractivity contribution is 5.97. The molecule has 104 valence electrons. The first kappa shape index (κ1) is 13.7. The molecule has 5 heteroatoms. The Bertz CT molecular complexity index is 476. The van der Waals surface area contributed by atoms with Crippen LogP contribution in [0.3, 0.4) is 0 Å². The monoisotopic (exact) mass is 264 g/mol. The van der Waals surface area contributed by atoms with Crippen LogP contribution in [0.5, 0.6) is 11.5 Å². The fourth-order valence-corrected chi connectivity index (χ4v) is 2.22. The number of amides is 1. The average molecular weight is 264 g/mol. The zero-order chi connectivity index (χ0) is 14.0. The lowest BCUT2D eigenvalue weighted by atomic mass is 10.1. The first-order valence-corrected chi connectivity index (χ1v) is 6.39. The molecule has 5 nitrogen and oxygen atoms in total. The van der Waals surface area contributed by atoms with E-state index >= 15 is 0 Å². The Kier molecular flexibility index (Phi) is 3.95. The van der Waals surface area contributed by atoms with Crippen molar-refractivity contribution >= 4 is 5.91 Å². The molecule has 0 spiro atoms.